The summed E-state index contributed by atoms with van der Waals surface area (Å²) in [4.78, 5) is 0. The van der Waals surface area contributed by atoms with Gasteiger partial charge in [0.2, 0.25) is 0 Å². The maximum Gasteiger partial charge on any atom is 0.125 e. The van der Waals surface area contributed by atoms with E-state index < -0.39 is 0 Å². The van der Waals surface area contributed by atoms with E-state index >= 15 is 0 Å². The molecule has 2 rings (SSSR count). The zero-order chi connectivity index (χ0) is 12.3. The highest BCUT2D eigenvalue weighted by atomic mass is 127. The summed E-state index contributed by atoms with van der Waals surface area (Å²) in [5.74, 6) is 0.907. The molecule has 0 amide bonds. The summed E-state index contributed by atoms with van der Waals surface area (Å²) >= 11 is 8.38. The van der Waals surface area contributed by atoms with Crippen molar-refractivity contribution in [3.63, 3.8) is 0 Å². The van der Waals surface area contributed by atoms with Crippen molar-refractivity contribution in [3.05, 3.63) is 56.5 Å². The minimum Gasteiger partial charge on any atom is -0.467 e. The maximum absolute atomic E-state index is 6.15. The molecule has 2 aromatic rings. The van der Waals surface area contributed by atoms with E-state index in [9.17, 15) is 0 Å². The lowest BCUT2D eigenvalue weighted by atomic mass is 10.0. The number of furan rings is 1. The average Bonchev–Trinajstić information content (AvgIpc) is 2.83. The second kappa shape index (κ2) is 5.89. The first-order valence-electron chi connectivity index (χ1n) is 5.44. The second-order valence-corrected chi connectivity index (χ2v) is 5.25. The Labute approximate surface area is 119 Å². The van der Waals surface area contributed by atoms with Crippen LogP contribution in [-0.2, 0) is 0 Å². The van der Waals surface area contributed by atoms with E-state index in [-0.39, 0.29) is 6.04 Å². The predicted molar refractivity (Wildman–Crippen MR) is 78.4 cm³/mol. The SMILES string of the molecule is CCNC(c1ccc(I)c(Cl)c1)c1ccco1. The van der Waals surface area contributed by atoms with Gasteiger partial charge >= 0.3 is 0 Å². The van der Waals surface area contributed by atoms with Crippen LogP contribution in [0, 0.1) is 3.57 Å². The highest BCUT2D eigenvalue weighted by Crippen LogP contribution is 2.27. The first-order chi connectivity index (χ1) is 8.22. The molecule has 1 aromatic heterocycles. The van der Waals surface area contributed by atoms with Crippen molar-refractivity contribution in [2.45, 2.75) is 13.0 Å². The molecule has 0 aliphatic rings. The molecular formula is C13H13ClINO. The van der Waals surface area contributed by atoms with Crippen LogP contribution in [0.5, 0.6) is 0 Å². The fourth-order valence-corrected chi connectivity index (χ4v) is 2.26. The molecule has 0 aliphatic heterocycles. The van der Waals surface area contributed by atoms with E-state index in [0.717, 1.165) is 26.5 Å². The minimum atomic E-state index is 0.0597. The Hall–Kier alpha value is -0.520. The summed E-state index contributed by atoms with van der Waals surface area (Å²) in [5.41, 5.74) is 1.12. The van der Waals surface area contributed by atoms with Crippen LogP contribution >= 0.6 is 34.2 Å². The van der Waals surface area contributed by atoms with Crippen LogP contribution in [-0.4, -0.2) is 6.54 Å². The fourth-order valence-electron chi connectivity index (χ4n) is 1.73. The highest BCUT2D eigenvalue weighted by Gasteiger charge is 2.16. The van der Waals surface area contributed by atoms with E-state index in [1.54, 1.807) is 6.26 Å². The summed E-state index contributed by atoms with van der Waals surface area (Å²) in [5, 5.41) is 4.17. The molecule has 0 fully saturated rings. The van der Waals surface area contributed by atoms with Gasteiger partial charge in [0.1, 0.15) is 5.76 Å². The van der Waals surface area contributed by atoms with Gasteiger partial charge < -0.3 is 9.73 Å². The third kappa shape index (κ3) is 3.03. The number of halogens is 2. The molecule has 0 bridgehead atoms. The van der Waals surface area contributed by atoms with Gasteiger partial charge in [0, 0.05) is 3.57 Å². The normalized spacial score (nSPS) is 12.6. The summed E-state index contributed by atoms with van der Waals surface area (Å²) < 4.78 is 6.52. The Morgan fingerprint density at radius 2 is 2.24 bits per heavy atom. The summed E-state index contributed by atoms with van der Waals surface area (Å²) in [6.07, 6.45) is 1.69. The number of hydrogen-bond acceptors (Lipinski definition) is 2. The smallest absolute Gasteiger partial charge is 0.125 e. The van der Waals surface area contributed by atoms with E-state index in [4.69, 9.17) is 16.0 Å². The van der Waals surface area contributed by atoms with Crippen molar-refractivity contribution in [1.82, 2.24) is 5.32 Å². The summed E-state index contributed by atoms with van der Waals surface area (Å²) in [6, 6.07) is 10.0. The van der Waals surface area contributed by atoms with E-state index in [1.165, 1.54) is 0 Å². The van der Waals surface area contributed by atoms with Gasteiger partial charge in [-0.05, 0) is 59.0 Å². The van der Waals surface area contributed by atoms with Crippen molar-refractivity contribution < 1.29 is 4.42 Å². The summed E-state index contributed by atoms with van der Waals surface area (Å²) in [7, 11) is 0. The van der Waals surface area contributed by atoms with Gasteiger partial charge in [-0.15, -0.1) is 0 Å². The molecule has 0 saturated heterocycles. The number of benzene rings is 1. The van der Waals surface area contributed by atoms with Crippen LogP contribution in [0.25, 0.3) is 0 Å². The lowest BCUT2D eigenvalue weighted by molar-refractivity contribution is 0.452. The predicted octanol–water partition coefficient (Wildman–Crippen LogP) is 4.24. The third-order valence-corrected chi connectivity index (χ3v) is 4.09. The number of nitrogens with one attached hydrogen (secondary N) is 1. The van der Waals surface area contributed by atoms with Gasteiger partial charge in [0.05, 0.1) is 17.3 Å². The first-order valence-corrected chi connectivity index (χ1v) is 6.89. The molecule has 0 saturated carbocycles. The lowest BCUT2D eigenvalue weighted by Gasteiger charge is -2.16. The molecule has 1 heterocycles. The lowest BCUT2D eigenvalue weighted by Crippen LogP contribution is -2.21. The van der Waals surface area contributed by atoms with Crippen molar-refractivity contribution >= 4 is 34.2 Å². The monoisotopic (exact) mass is 361 g/mol. The molecule has 4 heteroatoms. The van der Waals surface area contributed by atoms with Gasteiger partial charge in [-0.25, -0.2) is 0 Å². The average molecular weight is 362 g/mol. The Kier molecular flexibility index (Phi) is 4.48. The Morgan fingerprint density at radius 1 is 1.41 bits per heavy atom. The van der Waals surface area contributed by atoms with Crippen LogP contribution in [0.3, 0.4) is 0 Å². The van der Waals surface area contributed by atoms with E-state index in [0.29, 0.717) is 0 Å². The third-order valence-electron chi connectivity index (χ3n) is 2.51. The molecule has 0 radical (unpaired) electrons. The van der Waals surface area contributed by atoms with Crippen LogP contribution in [0.2, 0.25) is 5.02 Å². The van der Waals surface area contributed by atoms with Crippen molar-refractivity contribution in [3.8, 4) is 0 Å². The van der Waals surface area contributed by atoms with Crippen LogP contribution in [0.4, 0.5) is 0 Å². The maximum atomic E-state index is 6.15. The van der Waals surface area contributed by atoms with E-state index in [1.807, 2.05) is 24.3 Å². The van der Waals surface area contributed by atoms with Gasteiger partial charge in [-0.3, -0.25) is 0 Å². The standard InChI is InChI=1S/C13H13ClINO/c1-2-16-13(12-4-3-7-17-12)9-5-6-11(15)10(14)8-9/h3-8,13,16H,2H2,1H3. The van der Waals surface area contributed by atoms with Gasteiger partial charge in [0.25, 0.3) is 0 Å². The van der Waals surface area contributed by atoms with Crippen LogP contribution in [0.1, 0.15) is 24.3 Å². The number of hydrogen-bond donors (Lipinski definition) is 1. The van der Waals surface area contributed by atoms with E-state index in [2.05, 4.69) is 40.9 Å². The van der Waals surface area contributed by atoms with Crippen LogP contribution in [0.15, 0.2) is 41.0 Å². The molecule has 2 nitrogen and oxygen atoms in total. The molecule has 0 aliphatic carbocycles. The minimum absolute atomic E-state index is 0.0597. The quantitative estimate of drug-likeness (QED) is 0.824. The molecule has 1 N–H and O–H groups in total. The van der Waals surface area contributed by atoms with Crippen molar-refractivity contribution in [2.24, 2.45) is 0 Å². The van der Waals surface area contributed by atoms with Crippen molar-refractivity contribution in [2.75, 3.05) is 6.54 Å². The Balaban J connectivity index is 2.35. The Morgan fingerprint density at radius 3 is 2.82 bits per heavy atom. The topological polar surface area (TPSA) is 25.2 Å². The second-order valence-electron chi connectivity index (χ2n) is 3.68. The van der Waals surface area contributed by atoms with Crippen molar-refractivity contribution in [1.29, 1.82) is 0 Å². The summed E-state index contributed by atoms with van der Waals surface area (Å²) in [6.45, 7) is 2.94. The molecule has 1 atom stereocenters. The largest absolute Gasteiger partial charge is 0.467 e. The fraction of sp³-hybridized carbons (Fsp3) is 0.231. The highest BCUT2D eigenvalue weighted by molar-refractivity contribution is 14.1. The molecule has 17 heavy (non-hydrogen) atoms. The van der Waals surface area contributed by atoms with Crippen LogP contribution < -0.4 is 5.32 Å². The van der Waals surface area contributed by atoms with Gasteiger partial charge in [0.15, 0.2) is 0 Å². The number of rotatable bonds is 4. The molecular weight excluding hydrogens is 349 g/mol. The first kappa shape index (κ1) is 12.9. The molecule has 90 valence electrons. The zero-order valence-corrected chi connectivity index (χ0v) is 12.3. The Bertz CT molecular complexity index is 484. The molecule has 1 aromatic carbocycles. The van der Waals surface area contributed by atoms with Gasteiger partial charge in [-0.2, -0.15) is 0 Å². The zero-order valence-electron chi connectivity index (χ0n) is 9.41. The van der Waals surface area contributed by atoms with Gasteiger partial charge in [-0.1, -0.05) is 24.6 Å². The molecule has 1 unspecified atom stereocenters. The molecule has 0 spiro atoms.